The Balaban J connectivity index is 2.63. The molecule has 5 heteroatoms. The molecule has 0 bridgehead atoms. The molecule has 0 atom stereocenters. The van der Waals surface area contributed by atoms with Crippen LogP contribution in [0, 0.1) is 20.8 Å². The van der Waals surface area contributed by atoms with Gasteiger partial charge in [-0.3, -0.25) is 0 Å². The Morgan fingerprint density at radius 3 is 2.28 bits per heavy atom. The predicted molar refractivity (Wildman–Crippen MR) is 73.0 cm³/mol. The Bertz CT molecular complexity index is 563. The molecule has 1 aliphatic carbocycles. The Labute approximate surface area is 109 Å². The maximum absolute atomic E-state index is 12.6. The summed E-state index contributed by atoms with van der Waals surface area (Å²) in [5, 5.41) is 0. The Morgan fingerprint density at radius 1 is 1.22 bits per heavy atom. The minimum atomic E-state index is -3.43. The normalized spacial score (nSPS) is 16.3. The van der Waals surface area contributed by atoms with Gasteiger partial charge in [0.15, 0.2) is 0 Å². The van der Waals surface area contributed by atoms with E-state index in [0.717, 1.165) is 24.0 Å². The second-order valence-corrected chi connectivity index (χ2v) is 7.05. The number of hydrogen-bond acceptors (Lipinski definition) is 3. The molecule has 2 rings (SSSR count). The Hall–Kier alpha value is -1.07. The lowest BCUT2D eigenvalue weighted by atomic mass is 10.1. The predicted octanol–water partition coefficient (Wildman–Crippen LogP) is 1.98. The summed E-state index contributed by atoms with van der Waals surface area (Å²) < 4.78 is 26.7. The Kier molecular flexibility index (Phi) is 3.15. The molecule has 100 valence electrons. The number of benzene rings is 1. The number of anilines is 1. The van der Waals surface area contributed by atoms with Crippen LogP contribution in [-0.4, -0.2) is 25.8 Å². The maximum atomic E-state index is 12.6. The van der Waals surface area contributed by atoms with Gasteiger partial charge in [0.05, 0.1) is 4.90 Å². The topological polar surface area (TPSA) is 63.4 Å². The molecule has 1 aromatic rings. The Morgan fingerprint density at radius 2 is 1.78 bits per heavy atom. The van der Waals surface area contributed by atoms with Crippen molar-refractivity contribution in [2.45, 2.75) is 44.6 Å². The van der Waals surface area contributed by atoms with E-state index in [1.165, 1.54) is 4.31 Å². The fourth-order valence-corrected chi connectivity index (χ4v) is 4.15. The van der Waals surface area contributed by atoms with Crippen LogP contribution in [0.1, 0.15) is 29.5 Å². The van der Waals surface area contributed by atoms with Crippen molar-refractivity contribution < 1.29 is 8.42 Å². The van der Waals surface area contributed by atoms with Gasteiger partial charge in [-0.15, -0.1) is 0 Å². The summed E-state index contributed by atoms with van der Waals surface area (Å²) in [6.07, 6.45) is 1.91. The summed E-state index contributed by atoms with van der Waals surface area (Å²) in [6, 6.07) is 2.00. The third kappa shape index (κ3) is 2.01. The van der Waals surface area contributed by atoms with E-state index in [2.05, 4.69) is 0 Å². The van der Waals surface area contributed by atoms with Gasteiger partial charge < -0.3 is 5.73 Å². The lowest BCUT2D eigenvalue weighted by molar-refractivity contribution is 0.463. The number of aryl methyl sites for hydroxylation is 1. The van der Waals surface area contributed by atoms with Crippen LogP contribution in [0.2, 0.25) is 0 Å². The largest absolute Gasteiger partial charge is 0.398 e. The second kappa shape index (κ2) is 4.24. The molecule has 0 saturated heterocycles. The first-order chi connectivity index (χ1) is 8.26. The van der Waals surface area contributed by atoms with Crippen LogP contribution in [0.5, 0.6) is 0 Å². The van der Waals surface area contributed by atoms with Crippen molar-refractivity contribution in [1.82, 2.24) is 4.31 Å². The highest BCUT2D eigenvalue weighted by atomic mass is 32.2. The summed E-state index contributed by atoms with van der Waals surface area (Å²) in [5.74, 6) is 0. The minimum Gasteiger partial charge on any atom is -0.398 e. The van der Waals surface area contributed by atoms with E-state index in [1.54, 1.807) is 14.0 Å². The molecule has 18 heavy (non-hydrogen) atoms. The van der Waals surface area contributed by atoms with Crippen LogP contribution < -0.4 is 5.73 Å². The van der Waals surface area contributed by atoms with Gasteiger partial charge in [0, 0.05) is 18.8 Å². The van der Waals surface area contributed by atoms with E-state index in [0.29, 0.717) is 16.1 Å². The summed E-state index contributed by atoms with van der Waals surface area (Å²) in [4.78, 5) is 0.384. The first-order valence-corrected chi connectivity index (χ1v) is 7.55. The standard InChI is InChI=1S/C13H20N2O2S/c1-8-7-12(14)10(3)13(9(8)2)18(16,17)15(4)11-5-6-11/h7,11H,5-6,14H2,1-4H3. The number of nitrogens with zero attached hydrogens (tertiary/aromatic N) is 1. The molecule has 2 N–H and O–H groups in total. The lowest BCUT2D eigenvalue weighted by Crippen LogP contribution is -2.30. The zero-order chi connectivity index (χ0) is 13.7. The van der Waals surface area contributed by atoms with E-state index in [1.807, 2.05) is 19.9 Å². The smallest absolute Gasteiger partial charge is 0.243 e. The molecular weight excluding hydrogens is 248 g/mol. The molecule has 1 aliphatic rings. The van der Waals surface area contributed by atoms with Gasteiger partial charge in [0.25, 0.3) is 0 Å². The van der Waals surface area contributed by atoms with Crippen molar-refractivity contribution in [2.75, 3.05) is 12.8 Å². The molecule has 1 saturated carbocycles. The number of nitrogens with two attached hydrogens (primary N) is 1. The molecule has 1 aromatic carbocycles. The van der Waals surface area contributed by atoms with Crippen molar-refractivity contribution >= 4 is 15.7 Å². The molecule has 0 amide bonds. The van der Waals surface area contributed by atoms with Crippen LogP contribution in [-0.2, 0) is 10.0 Å². The molecule has 4 nitrogen and oxygen atoms in total. The molecule has 0 unspecified atom stereocenters. The highest BCUT2D eigenvalue weighted by Gasteiger charge is 2.36. The van der Waals surface area contributed by atoms with E-state index in [-0.39, 0.29) is 6.04 Å². The molecule has 1 fully saturated rings. The molecule has 0 aliphatic heterocycles. The third-order valence-electron chi connectivity index (χ3n) is 3.78. The van der Waals surface area contributed by atoms with Crippen molar-refractivity contribution in [3.05, 3.63) is 22.8 Å². The molecule has 0 spiro atoms. The second-order valence-electron chi connectivity index (χ2n) is 5.11. The summed E-state index contributed by atoms with van der Waals surface area (Å²) in [6.45, 7) is 5.51. The average molecular weight is 268 g/mol. The zero-order valence-electron chi connectivity index (χ0n) is 11.3. The number of rotatable bonds is 3. The quantitative estimate of drug-likeness (QED) is 0.853. The zero-order valence-corrected chi connectivity index (χ0v) is 12.1. The number of hydrogen-bond donors (Lipinski definition) is 1. The first-order valence-electron chi connectivity index (χ1n) is 6.11. The molecule has 0 aromatic heterocycles. The van der Waals surface area contributed by atoms with Gasteiger partial charge in [-0.2, -0.15) is 4.31 Å². The van der Waals surface area contributed by atoms with E-state index >= 15 is 0 Å². The van der Waals surface area contributed by atoms with Gasteiger partial charge in [-0.25, -0.2) is 8.42 Å². The molecule has 0 radical (unpaired) electrons. The van der Waals surface area contributed by atoms with E-state index in [9.17, 15) is 8.42 Å². The van der Waals surface area contributed by atoms with Crippen molar-refractivity contribution in [3.8, 4) is 0 Å². The summed E-state index contributed by atoms with van der Waals surface area (Å²) in [7, 11) is -1.77. The van der Waals surface area contributed by atoms with Crippen molar-refractivity contribution in [2.24, 2.45) is 0 Å². The van der Waals surface area contributed by atoms with Gasteiger partial charge in [-0.1, -0.05) is 0 Å². The fourth-order valence-electron chi connectivity index (χ4n) is 2.21. The third-order valence-corrected chi connectivity index (χ3v) is 5.96. The van der Waals surface area contributed by atoms with Crippen LogP contribution in [0.25, 0.3) is 0 Å². The monoisotopic (exact) mass is 268 g/mol. The van der Waals surface area contributed by atoms with Crippen LogP contribution in [0.3, 0.4) is 0 Å². The average Bonchev–Trinajstić information content (AvgIpc) is 3.09. The van der Waals surface area contributed by atoms with E-state index in [4.69, 9.17) is 5.73 Å². The number of sulfonamides is 1. The maximum Gasteiger partial charge on any atom is 0.243 e. The summed E-state index contributed by atoms with van der Waals surface area (Å²) >= 11 is 0. The summed E-state index contributed by atoms with van der Waals surface area (Å²) in [5.41, 5.74) is 8.81. The van der Waals surface area contributed by atoms with Crippen LogP contribution in [0.4, 0.5) is 5.69 Å². The highest BCUT2D eigenvalue weighted by Crippen LogP contribution is 2.35. The van der Waals surface area contributed by atoms with Gasteiger partial charge in [0.1, 0.15) is 0 Å². The first kappa shape index (κ1) is 13.4. The van der Waals surface area contributed by atoms with Crippen molar-refractivity contribution in [1.29, 1.82) is 0 Å². The minimum absolute atomic E-state index is 0.163. The van der Waals surface area contributed by atoms with Gasteiger partial charge in [0.2, 0.25) is 10.0 Å². The van der Waals surface area contributed by atoms with E-state index < -0.39 is 10.0 Å². The van der Waals surface area contributed by atoms with Gasteiger partial charge >= 0.3 is 0 Å². The molecular formula is C13H20N2O2S. The molecule has 0 heterocycles. The lowest BCUT2D eigenvalue weighted by Gasteiger charge is -2.21. The number of nitrogen functional groups attached to an aromatic ring is 1. The van der Waals surface area contributed by atoms with Gasteiger partial charge in [-0.05, 0) is 56.4 Å². The van der Waals surface area contributed by atoms with Crippen LogP contribution >= 0.6 is 0 Å². The van der Waals surface area contributed by atoms with Crippen LogP contribution in [0.15, 0.2) is 11.0 Å². The van der Waals surface area contributed by atoms with Crippen molar-refractivity contribution in [3.63, 3.8) is 0 Å². The highest BCUT2D eigenvalue weighted by molar-refractivity contribution is 7.89. The fraction of sp³-hybridized carbons (Fsp3) is 0.538. The SMILES string of the molecule is Cc1cc(N)c(C)c(S(=O)(=O)N(C)C2CC2)c1C.